The van der Waals surface area contributed by atoms with Crippen molar-refractivity contribution in [3.8, 4) is 0 Å². The molecule has 1 unspecified atom stereocenters. The van der Waals surface area contributed by atoms with Gasteiger partial charge in [-0.15, -0.1) is 0 Å². The molecule has 0 saturated carbocycles. The maximum Gasteiger partial charge on any atom is 0.318 e. The van der Waals surface area contributed by atoms with Crippen LogP contribution in [0.3, 0.4) is 0 Å². The number of carbonyl (C=O) groups excluding carboxylic acids is 1. The molecule has 13 heavy (non-hydrogen) atoms. The van der Waals surface area contributed by atoms with Gasteiger partial charge in [-0.3, -0.25) is 4.79 Å². The first-order valence-corrected chi connectivity index (χ1v) is 4.12. The summed E-state index contributed by atoms with van der Waals surface area (Å²) < 4.78 is 9.63. The van der Waals surface area contributed by atoms with E-state index in [1.165, 1.54) is 0 Å². The Bertz CT molecular complexity index is 295. The van der Waals surface area contributed by atoms with Gasteiger partial charge < -0.3 is 9.26 Å². The summed E-state index contributed by atoms with van der Waals surface area (Å²) in [6, 6.07) is 0. The standard InChI is InChI=1S/C8H12N2O3/c1-4-12-8(11)5(2)7-9-6(3)10-13-7/h5H,4H2,1-3H3. The number of nitrogens with zero attached hydrogens (tertiary/aromatic N) is 2. The van der Waals surface area contributed by atoms with Gasteiger partial charge in [-0.05, 0) is 20.8 Å². The lowest BCUT2D eigenvalue weighted by Gasteiger charge is -2.04. The Labute approximate surface area is 76.1 Å². The van der Waals surface area contributed by atoms with Crippen molar-refractivity contribution in [2.75, 3.05) is 6.61 Å². The van der Waals surface area contributed by atoms with Crippen LogP contribution >= 0.6 is 0 Å². The van der Waals surface area contributed by atoms with Gasteiger partial charge in [0.05, 0.1) is 6.61 Å². The van der Waals surface area contributed by atoms with E-state index in [0.717, 1.165) is 0 Å². The molecule has 0 saturated heterocycles. The van der Waals surface area contributed by atoms with Crippen molar-refractivity contribution in [2.24, 2.45) is 0 Å². The molecule has 0 spiro atoms. The monoisotopic (exact) mass is 184 g/mol. The minimum atomic E-state index is -0.485. The predicted molar refractivity (Wildman–Crippen MR) is 44.1 cm³/mol. The quantitative estimate of drug-likeness (QED) is 0.657. The van der Waals surface area contributed by atoms with Gasteiger partial charge in [-0.25, -0.2) is 0 Å². The molecule has 1 heterocycles. The average molecular weight is 184 g/mol. The predicted octanol–water partition coefficient (Wildman–Crippen LogP) is 1.04. The molecule has 0 aliphatic carbocycles. The molecule has 0 fully saturated rings. The fourth-order valence-electron chi connectivity index (χ4n) is 0.857. The van der Waals surface area contributed by atoms with E-state index in [0.29, 0.717) is 18.3 Å². The Morgan fingerprint density at radius 3 is 2.85 bits per heavy atom. The second-order valence-corrected chi connectivity index (χ2v) is 2.65. The smallest absolute Gasteiger partial charge is 0.318 e. The molecule has 1 rings (SSSR count). The molecule has 0 amide bonds. The van der Waals surface area contributed by atoms with Crippen molar-refractivity contribution in [1.29, 1.82) is 0 Å². The minimum absolute atomic E-state index is 0.302. The van der Waals surface area contributed by atoms with Crippen LogP contribution in [-0.2, 0) is 9.53 Å². The van der Waals surface area contributed by atoms with Crippen molar-refractivity contribution < 1.29 is 14.1 Å². The number of rotatable bonds is 3. The summed E-state index contributed by atoms with van der Waals surface area (Å²) in [6.07, 6.45) is 0. The zero-order valence-corrected chi connectivity index (χ0v) is 7.90. The lowest BCUT2D eigenvalue weighted by molar-refractivity contribution is -0.145. The summed E-state index contributed by atoms with van der Waals surface area (Å²) in [5, 5.41) is 3.59. The van der Waals surface area contributed by atoms with Crippen LogP contribution in [0, 0.1) is 6.92 Å². The van der Waals surface area contributed by atoms with Gasteiger partial charge >= 0.3 is 5.97 Å². The van der Waals surface area contributed by atoms with E-state index >= 15 is 0 Å². The molecule has 5 heteroatoms. The topological polar surface area (TPSA) is 65.2 Å². The van der Waals surface area contributed by atoms with Crippen LogP contribution in [0.4, 0.5) is 0 Å². The Kier molecular flexibility index (Phi) is 3.00. The Hall–Kier alpha value is -1.39. The summed E-state index contributed by atoms with van der Waals surface area (Å²) in [5.74, 6) is -0.00519. The molecule has 5 nitrogen and oxygen atoms in total. The molecule has 0 aliphatic rings. The summed E-state index contributed by atoms with van der Waals surface area (Å²) in [6.45, 7) is 5.48. The van der Waals surface area contributed by atoms with Crippen molar-refractivity contribution in [3.63, 3.8) is 0 Å². The average Bonchev–Trinajstić information content (AvgIpc) is 2.51. The van der Waals surface area contributed by atoms with Crippen molar-refractivity contribution in [2.45, 2.75) is 26.7 Å². The minimum Gasteiger partial charge on any atom is -0.465 e. The highest BCUT2D eigenvalue weighted by Gasteiger charge is 2.21. The molecule has 0 N–H and O–H groups in total. The third kappa shape index (κ3) is 2.27. The fraction of sp³-hybridized carbons (Fsp3) is 0.625. The molecule has 1 atom stereocenters. The number of aromatic nitrogens is 2. The molecular weight excluding hydrogens is 172 g/mol. The molecular formula is C8H12N2O3. The number of ether oxygens (including phenoxy) is 1. The van der Waals surface area contributed by atoms with Crippen LogP contribution < -0.4 is 0 Å². The lowest BCUT2D eigenvalue weighted by Crippen LogP contribution is -2.13. The molecule has 72 valence electrons. The van der Waals surface area contributed by atoms with Gasteiger partial charge in [0.15, 0.2) is 5.82 Å². The normalized spacial score (nSPS) is 12.5. The molecule has 1 aromatic rings. The van der Waals surface area contributed by atoms with Gasteiger partial charge in [0.25, 0.3) is 0 Å². The summed E-state index contributed by atoms with van der Waals surface area (Å²) >= 11 is 0. The Morgan fingerprint density at radius 1 is 1.69 bits per heavy atom. The van der Waals surface area contributed by atoms with E-state index in [1.54, 1.807) is 20.8 Å². The number of aryl methyl sites for hydroxylation is 1. The summed E-state index contributed by atoms with van der Waals surface area (Å²) in [5.41, 5.74) is 0. The molecule has 0 aromatic carbocycles. The summed E-state index contributed by atoms with van der Waals surface area (Å²) in [4.78, 5) is 15.1. The van der Waals surface area contributed by atoms with Crippen molar-refractivity contribution in [1.82, 2.24) is 10.1 Å². The first-order valence-electron chi connectivity index (χ1n) is 4.12. The molecule has 1 aromatic heterocycles. The third-order valence-corrected chi connectivity index (χ3v) is 1.55. The van der Waals surface area contributed by atoms with Crippen LogP contribution in [0.25, 0.3) is 0 Å². The zero-order chi connectivity index (χ0) is 9.84. The number of hydrogen-bond donors (Lipinski definition) is 0. The highest BCUT2D eigenvalue weighted by Crippen LogP contribution is 2.13. The van der Waals surface area contributed by atoms with Gasteiger partial charge in [-0.1, -0.05) is 5.16 Å². The van der Waals surface area contributed by atoms with Gasteiger partial charge in [0.1, 0.15) is 5.92 Å². The fourth-order valence-corrected chi connectivity index (χ4v) is 0.857. The first kappa shape index (κ1) is 9.70. The lowest BCUT2D eigenvalue weighted by atomic mass is 10.2. The Balaban J connectivity index is 2.67. The highest BCUT2D eigenvalue weighted by atomic mass is 16.5. The number of hydrogen-bond acceptors (Lipinski definition) is 5. The van der Waals surface area contributed by atoms with Crippen LogP contribution in [0.5, 0.6) is 0 Å². The largest absolute Gasteiger partial charge is 0.465 e. The molecule has 0 radical (unpaired) electrons. The van der Waals surface area contributed by atoms with Crippen LogP contribution in [0.1, 0.15) is 31.5 Å². The second-order valence-electron chi connectivity index (χ2n) is 2.65. The summed E-state index contributed by atoms with van der Waals surface area (Å²) in [7, 11) is 0. The maximum atomic E-state index is 11.2. The first-order chi connectivity index (χ1) is 6.15. The zero-order valence-electron chi connectivity index (χ0n) is 7.90. The van der Waals surface area contributed by atoms with E-state index in [1.807, 2.05) is 0 Å². The van der Waals surface area contributed by atoms with E-state index < -0.39 is 5.92 Å². The van der Waals surface area contributed by atoms with Crippen LogP contribution in [0.2, 0.25) is 0 Å². The molecule has 0 aliphatic heterocycles. The van der Waals surface area contributed by atoms with Gasteiger partial charge in [0.2, 0.25) is 5.89 Å². The SMILES string of the molecule is CCOC(=O)C(C)c1nc(C)no1. The van der Waals surface area contributed by atoms with E-state index in [2.05, 4.69) is 10.1 Å². The number of carbonyl (C=O) groups is 1. The molecule has 0 bridgehead atoms. The van der Waals surface area contributed by atoms with Crippen LogP contribution in [0.15, 0.2) is 4.52 Å². The highest BCUT2D eigenvalue weighted by molar-refractivity contribution is 5.76. The van der Waals surface area contributed by atoms with Crippen molar-refractivity contribution in [3.05, 3.63) is 11.7 Å². The van der Waals surface area contributed by atoms with E-state index in [-0.39, 0.29) is 5.97 Å². The third-order valence-electron chi connectivity index (χ3n) is 1.55. The van der Waals surface area contributed by atoms with Gasteiger partial charge in [-0.2, -0.15) is 4.98 Å². The second kappa shape index (κ2) is 4.02. The van der Waals surface area contributed by atoms with E-state index in [4.69, 9.17) is 9.26 Å². The van der Waals surface area contributed by atoms with Gasteiger partial charge in [0, 0.05) is 0 Å². The van der Waals surface area contributed by atoms with Crippen LogP contribution in [-0.4, -0.2) is 22.7 Å². The number of esters is 1. The maximum absolute atomic E-state index is 11.2. The van der Waals surface area contributed by atoms with Crippen molar-refractivity contribution >= 4 is 5.97 Å². The Morgan fingerprint density at radius 2 is 2.38 bits per heavy atom. The van der Waals surface area contributed by atoms with E-state index in [9.17, 15) is 4.79 Å².